The van der Waals surface area contributed by atoms with Crippen LogP contribution in [0.25, 0.3) is 0 Å². The van der Waals surface area contributed by atoms with Crippen molar-refractivity contribution in [2.75, 3.05) is 18.5 Å². The first-order chi connectivity index (χ1) is 10.0. The number of hydrogen-bond donors (Lipinski definition) is 2. The highest BCUT2D eigenvalue weighted by Crippen LogP contribution is 2.24. The molecule has 2 atom stereocenters. The van der Waals surface area contributed by atoms with Gasteiger partial charge in [-0.1, -0.05) is 20.8 Å². The molecule has 1 saturated heterocycles. The van der Waals surface area contributed by atoms with Crippen molar-refractivity contribution in [3.05, 3.63) is 23.4 Å². The molecule has 0 saturated carbocycles. The van der Waals surface area contributed by atoms with Crippen molar-refractivity contribution in [1.82, 2.24) is 4.98 Å². The van der Waals surface area contributed by atoms with Crippen LogP contribution < -0.4 is 5.32 Å². The Kier molecular flexibility index (Phi) is 5.17. The molecular weight excluding hydrogens is 268 g/mol. The van der Waals surface area contributed by atoms with Crippen molar-refractivity contribution in [3.63, 3.8) is 0 Å². The van der Waals surface area contributed by atoms with E-state index in [-0.39, 0.29) is 11.5 Å². The first-order valence-electron chi connectivity index (χ1n) is 7.62. The van der Waals surface area contributed by atoms with Crippen molar-refractivity contribution in [2.24, 2.45) is 5.92 Å². The Balaban J connectivity index is 2.10. The summed E-state index contributed by atoms with van der Waals surface area (Å²) in [5.41, 5.74) is 1.08. The van der Waals surface area contributed by atoms with Crippen LogP contribution in [0.3, 0.4) is 0 Å². The molecule has 2 unspecified atom stereocenters. The molecule has 0 spiro atoms. The average Bonchev–Trinajstić information content (AvgIpc) is 2.92. The number of aromatic nitrogens is 1. The molecule has 1 aliphatic heterocycles. The molecular formula is C16H24N2O3. The van der Waals surface area contributed by atoms with E-state index in [1.807, 2.05) is 13.8 Å². The van der Waals surface area contributed by atoms with Gasteiger partial charge >= 0.3 is 5.97 Å². The minimum atomic E-state index is -0.919. The highest BCUT2D eigenvalue weighted by molar-refractivity contribution is 5.88. The molecule has 1 fully saturated rings. The summed E-state index contributed by atoms with van der Waals surface area (Å²) >= 11 is 0. The maximum Gasteiger partial charge on any atom is 0.335 e. The predicted octanol–water partition coefficient (Wildman–Crippen LogP) is 3.13. The summed E-state index contributed by atoms with van der Waals surface area (Å²) in [6.07, 6.45) is 2.35. The summed E-state index contributed by atoms with van der Waals surface area (Å²) in [5.74, 6) is 0.383. The van der Waals surface area contributed by atoms with Crippen LogP contribution in [0.1, 0.15) is 55.6 Å². The van der Waals surface area contributed by atoms with E-state index in [9.17, 15) is 9.90 Å². The summed E-state index contributed by atoms with van der Waals surface area (Å²) in [6, 6.07) is 3.25. The standard InChI is InChI=1S/C16H24N2O3/c1-4-14-11(5-6-21-14)9-17-15-8-12(16(19)20)7-13(18-15)10(2)3/h7-8,10-11,14H,4-6,9H2,1-3H3,(H,17,18)(H,19,20). The van der Waals surface area contributed by atoms with E-state index < -0.39 is 5.97 Å². The topological polar surface area (TPSA) is 71.5 Å². The van der Waals surface area contributed by atoms with Crippen LogP contribution in [0.5, 0.6) is 0 Å². The molecule has 5 heteroatoms. The van der Waals surface area contributed by atoms with Gasteiger partial charge in [-0.25, -0.2) is 9.78 Å². The SMILES string of the molecule is CCC1OCCC1CNc1cc(C(=O)O)cc(C(C)C)n1. The molecule has 1 aromatic rings. The molecule has 0 amide bonds. The average molecular weight is 292 g/mol. The van der Waals surface area contributed by atoms with Crippen molar-refractivity contribution in [2.45, 2.75) is 45.6 Å². The number of nitrogens with one attached hydrogen (secondary N) is 1. The predicted molar refractivity (Wildman–Crippen MR) is 81.9 cm³/mol. The van der Waals surface area contributed by atoms with Crippen LogP contribution in [0.2, 0.25) is 0 Å². The van der Waals surface area contributed by atoms with Crippen LogP contribution in [0.4, 0.5) is 5.82 Å². The molecule has 2 rings (SSSR count). The van der Waals surface area contributed by atoms with Crippen LogP contribution in [-0.2, 0) is 4.74 Å². The lowest BCUT2D eigenvalue weighted by atomic mass is 9.99. The van der Waals surface area contributed by atoms with Crippen LogP contribution in [0, 0.1) is 5.92 Å². The number of pyridine rings is 1. The first kappa shape index (κ1) is 15.8. The van der Waals surface area contributed by atoms with Gasteiger partial charge in [0, 0.05) is 24.8 Å². The zero-order chi connectivity index (χ0) is 15.4. The van der Waals surface area contributed by atoms with Crippen molar-refractivity contribution >= 4 is 11.8 Å². The number of hydrogen-bond acceptors (Lipinski definition) is 4. The third-order valence-corrected chi connectivity index (χ3v) is 3.98. The minimum Gasteiger partial charge on any atom is -0.478 e. The molecule has 2 N–H and O–H groups in total. The summed E-state index contributed by atoms with van der Waals surface area (Å²) in [5, 5.41) is 12.5. The highest BCUT2D eigenvalue weighted by Gasteiger charge is 2.26. The van der Waals surface area contributed by atoms with Gasteiger partial charge in [0.15, 0.2) is 0 Å². The van der Waals surface area contributed by atoms with Gasteiger partial charge in [0.25, 0.3) is 0 Å². The van der Waals surface area contributed by atoms with E-state index >= 15 is 0 Å². The number of carbonyl (C=O) groups is 1. The summed E-state index contributed by atoms with van der Waals surface area (Å²) < 4.78 is 5.67. The molecule has 0 aromatic carbocycles. The van der Waals surface area contributed by atoms with Gasteiger partial charge in [-0.2, -0.15) is 0 Å². The van der Waals surface area contributed by atoms with Gasteiger partial charge in [0.2, 0.25) is 0 Å². The highest BCUT2D eigenvalue weighted by atomic mass is 16.5. The lowest BCUT2D eigenvalue weighted by molar-refractivity contribution is 0.0696. The number of rotatable bonds is 6. The van der Waals surface area contributed by atoms with Crippen LogP contribution in [0.15, 0.2) is 12.1 Å². The van der Waals surface area contributed by atoms with Gasteiger partial charge in [-0.3, -0.25) is 0 Å². The van der Waals surface area contributed by atoms with Crippen molar-refractivity contribution in [3.8, 4) is 0 Å². The van der Waals surface area contributed by atoms with E-state index in [0.717, 1.165) is 31.7 Å². The fourth-order valence-electron chi connectivity index (χ4n) is 2.67. The quantitative estimate of drug-likeness (QED) is 0.843. The summed E-state index contributed by atoms with van der Waals surface area (Å²) in [6.45, 7) is 7.73. The van der Waals surface area contributed by atoms with Gasteiger partial charge in [-0.05, 0) is 30.9 Å². The fraction of sp³-hybridized carbons (Fsp3) is 0.625. The van der Waals surface area contributed by atoms with E-state index in [1.54, 1.807) is 12.1 Å². The molecule has 21 heavy (non-hydrogen) atoms. The number of anilines is 1. The third-order valence-electron chi connectivity index (χ3n) is 3.98. The Morgan fingerprint density at radius 1 is 1.52 bits per heavy atom. The van der Waals surface area contributed by atoms with Gasteiger partial charge in [0.05, 0.1) is 11.7 Å². The van der Waals surface area contributed by atoms with E-state index in [0.29, 0.717) is 17.8 Å². The van der Waals surface area contributed by atoms with E-state index in [4.69, 9.17) is 4.74 Å². The molecule has 0 radical (unpaired) electrons. The van der Waals surface area contributed by atoms with E-state index in [2.05, 4.69) is 17.2 Å². The maximum atomic E-state index is 11.2. The Morgan fingerprint density at radius 3 is 2.90 bits per heavy atom. The normalized spacial score (nSPS) is 21.7. The second-order valence-corrected chi connectivity index (χ2v) is 5.87. The van der Waals surface area contributed by atoms with Crippen LogP contribution in [-0.4, -0.2) is 35.3 Å². The molecule has 1 aliphatic rings. The zero-order valence-corrected chi connectivity index (χ0v) is 12.9. The third kappa shape index (κ3) is 3.94. The minimum absolute atomic E-state index is 0.197. The van der Waals surface area contributed by atoms with Gasteiger partial charge in [0.1, 0.15) is 5.82 Å². The monoisotopic (exact) mass is 292 g/mol. The fourth-order valence-corrected chi connectivity index (χ4v) is 2.67. The Bertz CT molecular complexity index is 502. The smallest absolute Gasteiger partial charge is 0.335 e. The largest absolute Gasteiger partial charge is 0.478 e. The number of carboxylic acids is 1. The number of ether oxygens (including phenoxy) is 1. The molecule has 0 aliphatic carbocycles. The van der Waals surface area contributed by atoms with Gasteiger partial charge in [-0.15, -0.1) is 0 Å². The van der Waals surface area contributed by atoms with Crippen molar-refractivity contribution < 1.29 is 14.6 Å². The molecule has 5 nitrogen and oxygen atoms in total. The Morgan fingerprint density at radius 2 is 2.29 bits per heavy atom. The molecule has 2 heterocycles. The Labute approximate surface area is 125 Å². The van der Waals surface area contributed by atoms with Crippen LogP contribution >= 0.6 is 0 Å². The Hall–Kier alpha value is -1.62. The number of aromatic carboxylic acids is 1. The second-order valence-electron chi connectivity index (χ2n) is 5.87. The molecule has 1 aromatic heterocycles. The first-order valence-corrected chi connectivity index (χ1v) is 7.62. The number of nitrogens with zero attached hydrogens (tertiary/aromatic N) is 1. The zero-order valence-electron chi connectivity index (χ0n) is 12.9. The number of carboxylic acid groups (broad SMARTS) is 1. The van der Waals surface area contributed by atoms with Crippen molar-refractivity contribution in [1.29, 1.82) is 0 Å². The lowest BCUT2D eigenvalue weighted by Crippen LogP contribution is -2.23. The molecule has 0 bridgehead atoms. The van der Waals surface area contributed by atoms with Gasteiger partial charge < -0.3 is 15.2 Å². The lowest BCUT2D eigenvalue weighted by Gasteiger charge is -2.18. The summed E-state index contributed by atoms with van der Waals surface area (Å²) in [7, 11) is 0. The second kappa shape index (κ2) is 6.89. The molecule has 116 valence electrons. The summed E-state index contributed by atoms with van der Waals surface area (Å²) in [4.78, 5) is 15.7. The van der Waals surface area contributed by atoms with E-state index in [1.165, 1.54) is 0 Å². The maximum absolute atomic E-state index is 11.2.